The predicted octanol–water partition coefficient (Wildman–Crippen LogP) is 3.63. The van der Waals surface area contributed by atoms with Gasteiger partial charge in [0, 0.05) is 16.3 Å². The van der Waals surface area contributed by atoms with Crippen LogP contribution in [0.2, 0.25) is 0 Å². The maximum atomic E-state index is 12.9. The Morgan fingerprint density at radius 3 is 2.71 bits per heavy atom. The van der Waals surface area contributed by atoms with Gasteiger partial charge in [-0.1, -0.05) is 18.2 Å². The summed E-state index contributed by atoms with van der Waals surface area (Å²) in [6.07, 6.45) is 0. The maximum absolute atomic E-state index is 12.9. The Hall–Kier alpha value is -2.60. The molecule has 1 aliphatic heterocycles. The first-order valence-electron chi connectivity index (χ1n) is 7.66. The second-order valence-electron chi connectivity index (χ2n) is 5.86. The van der Waals surface area contributed by atoms with Gasteiger partial charge in [0.05, 0.1) is 11.6 Å². The number of benzene rings is 1. The van der Waals surface area contributed by atoms with E-state index in [0.717, 1.165) is 21.7 Å². The van der Waals surface area contributed by atoms with E-state index in [-0.39, 0.29) is 11.9 Å². The molecule has 24 heavy (non-hydrogen) atoms. The van der Waals surface area contributed by atoms with Crippen LogP contribution in [-0.2, 0) is 4.79 Å². The molecule has 0 spiro atoms. The van der Waals surface area contributed by atoms with E-state index in [1.54, 1.807) is 6.92 Å². The molecule has 2 heterocycles. The van der Waals surface area contributed by atoms with Crippen LogP contribution in [0.5, 0.6) is 0 Å². The highest BCUT2D eigenvalue weighted by molar-refractivity contribution is 7.10. The number of nitrogens with one attached hydrogen (secondary N) is 3. The first-order valence-corrected chi connectivity index (χ1v) is 8.54. The van der Waals surface area contributed by atoms with E-state index in [1.165, 1.54) is 11.3 Å². The van der Waals surface area contributed by atoms with Crippen LogP contribution in [-0.4, -0.2) is 11.9 Å². The van der Waals surface area contributed by atoms with Crippen LogP contribution in [0.3, 0.4) is 0 Å². The topological polar surface area (TPSA) is 70.2 Å². The summed E-state index contributed by atoms with van der Waals surface area (Å²) in [5.41, 5.74) is 3.94. The summed E-state index contributed by atoms with van der Waals surface area (Å²) in [5, 5.41) is 10.4. The van der Waals surface area contributed by atoms with Crippen molar-refractivity contribution in [1.29, 1.82) is 0 Å². The summed E-state index contributed by atoms with van der Waals surface area (Å²) in [7, 11) is 0. The van der Waals surface area contributed by atoms with Crippen LogP contribution < -0.4 is 16.0 Å². The van der Waals surface area contributed by atoms with E-state index >= 15 is 0 Å². The molecular formula is C18H19N3O2S. The minimum Gasteiger partial charge on any atom is -0.326 e. The van der Waals surface area contributed by atoms with E-state index in [4.69, 9.17) is 0 Å². The van der Waals surface area contributed by atoms with Crippen molar-refractivity contribution >= 4 is 29.0 Å². The van der Waals surface area contributed by atoms with Crippen LogP contribution >= 0.6 is 11.3 Å². The first kappa shape index (κ1) is 16.3. The third-order valence-corrected chi connectivity index (χ3v) is 4.92. The highest BCUT2D eigenvalue weighted by Gasteiger charge is 2.31. The number of thiophene rings is 1. The second-order valence-corrected chi connectivity index (χ2v) is 6.84. The Labute approximate surface area is 144 Å². The smallest absolute Gasteiger partial charge is 0.319 e. The van der Waals surface area contributed by atoms with Crippen molar-refractivity contribution in [2.75, 3.05) is 5.32 Å². The molecule has 1 aliphatic rings. The number of urea groups is 1. The number of carbonyl (C=O) groups is 2. The van der Waals surface area contributed by atoms with Crippen LogP contribution in [0, 0.1) is 13.8 Å². The van der Waals surface area contributed by atoms with Gasteiger partial charge in [-0.15, -0.1) is 11.3 Å². The Bertz CT molecular complexity index is 825. The molecule has 0 saturated heterocycles. The third-order valence-electron chi connectivity index (χ3n) is 3.98. The Morgan fingerprint density at radius 2 is 2.00 bits per heavy atom. The fourth-order valence-corrected chi connectivity index (χ4v) is 3.51. The number of hydrogen-bond acceptors (Lipinski definition) is 3. The average molecular weight is 341 g/mol. The number of anilines is 1. The fraction of sp³-hybridized carbons (Fsp3) is 0.222. The SMILES string of the molecule is CC1=C(C(=O)Nc2cc(C)ccc2C)[C@@H](c2cccs2)NC(=O)N1. The molecule has 0 aliphatic carbocycles. The molecule has 0 radical (unpaired) electrons. The lowest BCUT2D eigenvalue weighted by molar-refractivity contribution is -0.113. The van der Waals surface area contributed by atoms with Gasteiger partial charge in [-0.2, -0.15) is 0 Å². The van der Waals surface area contributed by atoms with Crippen LogP contribution in [0.25, 0.3) is 0 Å². The van der Waals surface area contributed by atoms with E-state index in [2.05, 4.69) is 16.0 Å². The molecule has 1 aromatic carbocycles. The molecule has 1 aromatic heterocycles. The molecule has 3 N–H and O–H groups in total. The summed E-state index contributed by atoms with van der Waals surface area (Å²) < 4.78 is 0. The Balaban J connectivity index is 1.95. The highest BCUT2D eigenvalue weighted by atomic mass is 32.1. The normalized spacial score (nSPS) is 17.3. The zero-order valence-electron chi connectivity index (χ0n) is 13.8. The first-order chi connectivity index (χ1) is 11.5. The molecular weight excluding hydrogens is 322 g/mol. The molecule has 1 atom stereocenters. The highest BCUT2D eigenvalue weighted by Crippen LogP contribution is 2.30. The minimum absolute atomic E-state index is 0.216. The molecule has 6 heteroatoms. The Kier molecular flexibility index (Phi) is 4.40. The van der Waals surface area contributed by atoms with Crippen molar-refractivity contribution in [3.63, 3.8) is 0 Å². The van der Waals surface area contributed by atoms with E-state index in [9.17, 15) is 9.59 Å². The van der Waals surface area contributed by atoms with Crippen molar-refractivity contribution in [3.8, 4) is 0 Å². The molecule has 0 unspecified atom stereocenters. The van der Waals surface area contributed by atoms with Crippen molar-refractivity contribution in [3.05, 3.63) is 63.0 Å². The minimum atomic E-state index is -0.441. The lowest BCUT2D eigenvalue weighted by Crippen LogP contribution is -2.45. The molecule has 3 amide bonds. The summed E-state index contributed by atoms with van der Waals surface area (Å²) in [5.74, 6) is -0.216. The molecule has 124 valence electrons. The number of aryl methyl sites for hydroxylation is 2. The lowest BCUT2D eigenvalue weighted by Gasteiger charge is -2.27. The molecule has 3 rings (SSSR count). The van der Waals surface area contributed by atoms with Crippen LogP contribution in [0.1, 0.15) is 29.0 Å². The van der Waals surface area contributed by atoms with Gasteiger partial charge >= 0.3 is 6.03 Å². The van der Waals surface area contributed by atoms with Gasteiger partial charge in [0.25, 0.3) is 5.91 Å². The van der Waals surface area contributed by atoms with Gasteiger partial charge in [-0.05, 0) is 49.4 Å². The lowest BCUT2D eigenvalue weighted by atomic mass is 10.00. The number of amides is 3. The van der Waals surface area contributed by atoms with E-state index < -0.39 is 6.04 Å². The summed E-state index contributed by atoms with van der Waals surface area (Å²) in [6.45, 7) is 5.68. The molecule has 5 nitrogen and oxygen atoms in total. The van der Waals surface area contributed by atoms with Gasteiger partial charge in [0.1, 0.15) is 0 Å². The van der Waals surface area contributed by atoms with Crippen molar-refractivity contribution in [2.24, 2.45) is 0 Å². The number of carbonyl (C=O) groups excluding carboxylic acids is 2. The average Bonchev–Trinajstić information content (AvgIpc) is 3.04. The molecule has 0 saturated carbocycles. The van der Waals surface area contributed by atoms with Crippen molar-refractivity contribution in [2.45, 2.75) is 26.8 Å². The molecule has 0 bridgehead atoms. The summed E-state index contributed by atoms with van der Waals surface area (Å²) in [4.78, 5) is 25.6. The zero-order valence-corrected chi connectivity index (χ0v) is 14.6. The van der Waals surface area contributed by atoms with Gasteiger partial charge in [-0.25, -0.2) is 4.79 Å². The quantitative estimate of drug-likeness (QED) is 0.798. The molecule has 0 fully saturated rings. The van der Waals surface area contributed by atoms with Gasteiger partial charge in [-0.3, -0.25) is 4.79 Å². The van der Waals surface area contributed by atoms with Crippen LogP contribution in [0.15, 0.2) is 47.0 Å². The van der Waals surface area contributed by atoms with Crippen molar-refractivity contribution in [1.82, 2.24) is 10.6 Å². The fourth-order valence-electron chi connectivity index (χ4n) is 2.72. The molecule has 2 aromatic rings. The zero-order chi connectivity index (χ0) is 17.3. The van der Waals surface area contributed by atoms with Crippen molar-refractivity contribution < 1.29 is 9.59 Å². The monoisotopic (exact) mass is 341 g/mol. The van der Waals surface area contributed by atoms with Crippen LogP contribution in [0.4, 0.5) is 10.5 Å². The maximum Gasteiger partial charge on any atom is 0.319 e. The Morgan fingerprint density at radius 1 is 1.21 bits per heavy atom. The summed E-state index contributed by atoms with van der Waals surface area (Å²) in [6, 6.07) is 9.01. The largest absolute Gasteiger partial charge is 0.326 e. The second kappa shape index (κ2) is 6.49. The van der Waals surface area contributed by atoms with Gasteiger partial charge < -0.3 is 16.0 Å². The predicted molar refractivity (Wildman–Crippen MR) is 96.0 cm³/mol. The number of rotatable bonds is 3. The van der Waals surface area contributed by atoms with Gasteiger partial charge in [0.2, 0.25) is 0 Å². The van der Waals surface area contributed by atoms with Gasteiger partial charge in [0.15, 0.2) is 0 Å². The third kappa shape index (κ3) is 3.19. The van der Waals surface area contributed by atoms with E-state index in [0.29, 0.717) is 11.3 Å². The van der Waals surface area contributed by atoms with E-state index in [1.807, 2.05) is 49.6 Å². The summed E-state index contributed by atoms with van der Waals surface area (Å²) >= 11 is 1.51. The standard InChI is InChI=1S/C18H19N3O2S/c1-10-6-7-11(2)13(9-10)20-17(22)15-12(3)19-18(23)21-16(15)14-5-4-8-24-14/h4-9,16H,1-3H3,(H,20,22)(H2,19,21,23)/t16-/m1/s1. The number of hydrogen-bond donors (Lipinski definition) is 3. The number of allylic oxidation sites excluding steroid dienone is 1.